The van der Waals surface area contributed by atoms with Crippen molar-refractivity contribution in [3.63, 3.8) is 0 Å². The van der Waals surface area contributed by atoms with E-state index in [1.165, 1.54) is 0 Å². The average Bonchev–Trinajstić information content (AvgIpc) is 3.67. The number of unbranched alkanes of at least 4 members (excludes halogenated alkanes) is 4. The topological polar surface area (TPSA) is 125 Å². The first kappa shape index (κ1) is 37.8. The molecule has 3 fully saturated rings. The summed E-state index contributed by atoms with van der Waals surface area (Å²) < 4.78 is 13.0. The molecule has 48 heavy (non-hydrogen) atoms. The maximum atomic E-state index is 14.5. The predicted octanol–water partition coefficient (Wildman–Crippen LogP) is 4.86. The van der Waals surface area contributed by atoms with E-state index in [0.717, 1.165) is 19.3 Å². The van der Waals surface area contributed by atoms with Gasteiger partial charge in [0.25, 0.3) is 0 Å². The van der Waals surface area contributed by atoms with Crippen LogP contribution in [0.1, 0.15) is 83.3 Å². The highest BCUT2D eigenvalue weighted by atomic mass is 79.9. The number of ether oxygens (including phenoxy) is 2. The molecule has 1 spiro atoms. The third-order valence-electron chi connectivity index (χ3n) is 9.83. The number of nitrogens with one attached hydrogen (secondary N) is 1. The number of halogens is 1. The van der Waals surface area contributed by atoms with Crippen LogP contribution < -0.4 is 5.32 Å². The van der Waals surface area contributed by atoms with Crippen molar-refractivity contribution in [2.75, 3.05) is 26.2 Å². The molecule has 0 saturated carbocycles. The number of likely N-dealkylation sites (tertiary alicyclic amines) is 1. The second-order valence-electron chi connectivity index (χ2n) is 13.2. The first-order valence-corrected chi connectivity index (χ1v) is 18.3. The molecule has 3 aliphatic heterocycles. The zero-order chi connectivity index (χ0) is 34.8. The van der Waals surface area contributed by atoms with Crippen molar-refractivity contribution >= 4 is 39.6 Å². The zero-order valence-electron chi connectivity index (χ0n) is 28.4. The van der Waals surface area contributed by atoms with Crippen molar-refractivity contribution in [2.24, 2.45) is 11.8 Å². The molecule has 4 rings (SSSR count). The highest BCUT2D eigenvalue weighted by molar-refractivity contribution is 9.09. The number of benzene rings is 1. The molecule has 2 bridgehead atoms. The molecule has 0 radical (unpaired) electrons. The molecule has 1 aromatic carbocycles. The molecular formula is C37H52BrN3O7. The number of aliphatic hydroxyl groups excluding tert-OH is 1. The Morgan fingerprint density at radius 3 is 2.58 bits per heavy atom. The van der Waals surface area contributed by atoms with Crippen LogP contribution in [-0.2, 0) is 28.7 Å². The summed E-state index contributed by atoms with van der Waals surface area (Å²) in [6, 6.07) is 7.76. The first-order chi connectivity index (χ1) is 23.1. The second-order valence-corrected chi connectivity index (χ2v) is 14.4. The number of fused-ring (bicyclic) bond motifs is 1. The van der Waals surface area contributed by atoms with Gasteiger partial charge in [0.15, 0.2) is 0 Å². The normalized spacial score (nSPS) is 26.9. The monoisotopic (exact) mass is 729 g/mol. The maximum absolute atomic E-state index is 14.5. The molecule has 3 heterocycles. The van der Waals surface area contributed by atoms with E-state index in [2.05, 4.69) is 41.3 Å². The van der Waals surface area contributed by atoms with E-state index in [1.807, 2.05) is 30.3 Å². The highest BCUT2D eigenvalue weighted by Gasteiger charge is 2.77. The van der Waals surface area contributed by atoms with Crippen LogP contribution >= 0.6 is 15.9 Å². The lowest BCUT2D eigenvalue weighted by atomic mass is 9.70. The lowest BCUT2D eigenvalue weighted by Gasteiger charge is -2.37. The fourth-order valence-corrected chi connectivity index (χ4v) is 8.55. The van der Waals surface area contributed by atoms with Crippen LogP contribution in [-0.4, -0.2) is 93.5 Å². The molecule has 10 nitrogen and oxygen atoms in total. The number of amides is 3. The summed E-state index contributed by atoms with van der Waals surface area (Å²) in [4.78, 5) is 59.1. The van der Waals surface area contributed by atoms with E-state index in [0.29, 0.717) is 57.3 Å². The van der Waals surface area contributed by atoms with Gasteiger partial charge in [-0.3, -0.25) is 19.2 Å². The third-order valence-corrected chi connectivity index (χ3v) is 10.7. The molecule has 3 aliphatic rings. The minimum atomic E-state index is -1.20. The van der Waals surface area contributed by atoms with Gasteiger partial charge in [-0.05, 0) is 51.0 Å². The van der Waals surface area contributed by atoms with Gasteiger partial charge in [-0.15, -0.1) is 13.2 Å². The second kappa shape index (κ2) is 17.6. The number of carbonyl (C=O) groups excluding carboxylic acids is 4. The van der Waals surface area contributed by atoms with Crippen molar-refractivity contribution in [1.82, 2.24) is 15.1 Å². The summed E-state index contributed by atoms with van der Waals surface area (Å²) in [5.74, 6) is -3.10. The number of carbonyl (C=O) groups is 4. The minimum Gasteiger partial charge on any atom is -0.455 e. The van der Waals surface area contributed by atoms with Crippen molar-refractivity contribution in [3.8, 4) is 0 Å². The first-order valence-electron chi connectivity index (χ1n) is 17.4. The van der Waals surface area contributed by atoms with Crippen LogP contribution in [0.5, 0.6) is 0 Å². The summed E-state index contributed by atoms with van der Waals surface area (Å²) in [5.41, 5.74) is -0.495. The Morgan fingerprint density at radius 1 is 1.17 bits per heavy atom. The molecule has 2 N–H and O–H groups in total. The van der Waals surface area contributed by atoms with Crippen LogP contribution in [0.15, 0.2) is 55.6 Å². The summed E-state index contributed by atoms with van der Waals surface area (Å²) in [7, 11) is 0. The molecule has 0 aromatic heterocycles. The molecule has 8 atom stereocenters. The molecule has 11 heteroatoms. The van der Waals surface area contributed by atoms with E-state index in [1.54, 1.807) is 28.9 Å². The lowest BCUT2D eigenvalue weighted by molar-refractivity contribution is -0.162. The van der Waals surface area contributed by atoms with Crippen molar-refractivity contribution < 1.29 is 33.8 Å². The number of nitrogens with zero attached hydrogens (tertiary/aromatic N) is 2. The summed E-state index contributed by atoms with van der Waals surface area (Å²) in [6.45, 7) is 12.7. The van der Waals surface area contributed by atoms with Gasteiger partial charge in [0, 0.05) is 37.5 Å². The Morgan fingerprint density at radius 2 is 1.92 bits per heavy atom. The van der Waals surface area contributed by atoms with E-state index >= 15 is 0 Å². The number of esters is 1. The van der Waals surface area contributed by atoms with Crippen LogP contribution in [0, 0.1) is 11.8 Å². The van der Waals surface area contributed by atoms with Gasteiger partial charge in [0.2, 0.25) is 17.7 Å². The number of hydrogen-bond donors (Lipinski definition) is 2. The summed E-state index contributed by atoms with van der Waals surface area (Å²) in [5, 5.41) is 12.3. The molecule has 1 aromatic rings. The van der Waals surface area contributed by atoms with Gasteiger partial charge in [-0.1, -0.05) is 78.2 Å². The smallest absolute Gasteiger partial charge is 0.313 e. The van der Waals surface area contributed by atoms with Crippen LogP contribution in [0.2, 0.25) is 0 Å². The van der Waals surface area contributed by atoms with Crippen molar-refractivity contribution in [2.45, 2.75) is 106 Å². The number of allylic oxidation sites excluding steroid dienone is 1. The quantitative estimate of drug-likeness (QED) is 0.0851. The fraction of sp³-hybridized carbons (Fsp3) is 0.622. The summed E-state index contributed by atoms with van der Waals surface area (Å²) >= 11 is 3.74. The molecule has 3 amide bonds. The predicted molar refractivity (Wildman–Crippen MR) is 187 cm³/mol. The molecule has 3 saturated heterocycles. The van der Waals surface area contributed by atoms with E-state index in [4.69, 9.17) is 9.47 Å². The average molecular weight is 731 g/mol. The summed E-state index contributed by atoms with van der Waals surface area (Å²) in [6.07, 6.45) is 7.75. The number of alkyl halides is 1. The number of hydrogen-bond acceptors (Lipinski definition) is 7. The van der Waals surface area contributed by atoms with Crippen molar-refractivity contribution in [1.29, 1.82) is 0 Å². The van der Waals surface area contributed by atoms with Gasteiger partial charge in [0.05, 0.1) is 24.0 Å². The zero-order valence-corrected chi connectivity index (χ0v) is 29.9. The Labute approximate surface area is 293 Å². The minimum absolute atomic E-state index is 0.0487. The molecule has 1 unspecified atom stereocenters. The number of rotatable bonds is 20. The molecule has 0 aliphatic carbocycles. The Hall–Kier alpha value is -3.02. The van der Waals surface area contributed by atoms with Crippen LogP contribution in [0.3, 0.4) is 0 Å². The van der Waals surface area contributed by atoms with Gasteiger partial charge in [-0.2, -0.15) is 0 Å². The van der Waals surface area contributed by atoms with Crippen molar-refractivity contribution in [3.05, 3.63) is 61.2 Å². The van der Waals surface area contributed by atoms with Gasteiger partial charge < -0.3 is 29.7 Å². The van der Waals surface area contributed by atoms with E-state index in [-0.39, 0.29) is 35.6 Å². The highest BCUT2D eigenvalue weighted by Crippen LogP contribution is 2.60. The Kier molecular flexibility index (Phi) is 13.8. The standard InChI is InChI=1S/C37H52BrN3O7/c1-5-8-14-21-40(20-7-3)35(45)33-37-24-27(38)32(48-37)29(30(37)34(44)41(33)22-15-11-16-23-42)36(46)47-31(26-17-12-10-13-18-26)25(4)39-28(43)19-9-6-2/h6-7,10,12-13,17-18,25,27,29-33,42H,2-3,5,8-9,11,14-16,19-24H2,1,4H3,(H,39,43)/t25-,27?,29+,30-,31-,32+,33+,37-/m1/s1. The van der Waals surface area contributed by atoms with Gasteiger partial charge in [-0.25, -0.2) is 0 Å². The van der Waals surface area contributed by atoms with Gasteiger partial charge >= 0.3 is 5.97 Å². The SMILES string of the molecule is C=CCCC(=O)N[C@H](C)[C@@H](OC(=O)[C@@H]1[C@H]2O[C@@]3(CC2Br)[C@H](C(=O)N(CC=C)CCCCC)N(CCCCCO)C(=O)[C@@H]13)c1ccccc1. The maximum Gasteiger partial charge on any atom is 0.313 e. The molecular weight excluding hydrogens is 678 g/mol. The fourth-order valence-electron chi connectivity index (χ4n) is 7.60. The largest absolute Gasteiger partial charge is 0.455 e. The van der Waals surface area contributed by atoms with E-state index in [9.17, 15) is 24.3 Å². The van der Waals surface area contributed by atoms with Crippen LogP contribution in [0.4, 0.5) is 0 Å². The Bertz CT molecular complexity index is 1290. The number of aliphatic hydroxyl groups is 1. The third kappa shape index (κ3) is 8.05. The van der Waals surface area contributed by atoms with Gasteiger partial charge in [0.1, 0.15) is 17.7 Å². The van der Waals surface area contributed by atoms with E-state index < -0.39 is 47.7 Å². The molecule has 264 valence electrons. The van der Waals surface area contributed by atoms with Crippen LogP contribution in [0.25, 0.3) is 0 Å². The Balaban J connectivity index is 1.66. The lowest BCUT2D eigenvalue weighted by Crippen LogP contribution is -2.57.